The molecule has 0 aliphatic heterocycles. The van der Waals surface area contributed by atoms with E-state index >= 15 is 0 Å². The van der Waals surface area contributed by atoms with E-state index in [1.165, 1.54) is 11.0 Å². The molecule has 6 heteroatoms. The van der Waals surface area contributed by atoms with E-state index in [4.69, 9.17) is 12.2 Å². The number of amides is 1. The molecule has 0 atom stereocenters. The smallest absolute Gasteiger partial charge is 0.262 e. The van der Waals surface area contributed by atoms with Crippen molar-refractivity contribution in [3.8, 4) is 0 Å². The lowest BCUT2D eigenvalue weighted by Crippen LogP contribution is -2.48. The van der Waals surface area contributed by atoms with Crippen molar-refractivity contribution in [2.24, 2.45) is 0 Å². The van der Waals surface area contributed by atoms with Gasteiger partial charge in [0.1, 0.15) is 0 Å². The van der Waals surface area contributed by atoms with E-state index in [-0.39, 0.29) is 17.5 Å². The van der Waals surface area contributed by atoms with E-state index in [1.54, 1.807) is 6.07 Å². The van der Waals surface area contributed by atoms with Gasteiger partial charge in [0.05, 0.1) is 10.9 Å². The fourth-order valence-corrected chi connectivity index (χ4v) is 3.60. The SMILES string of the molecule is CC(C)N(C(=O)CCn1c(=S)[nH]c2ccccc2c1=O)C1CCC1. The molecule has 0 radical (unpaired) electrons. The molecule has 1 aliphatic carbocycles. The first kappa shape index (κ1) is 16.9. The summed E-state index contributed by atoms with van der Waals surface area (Å²) in [6.07, 6.45) is 3.65. The summed E-state index contributed by atoms with van der Waals surface area (Å²) in [6.45, 7) is 4.41. The number of fused-ring (bicyclic) bond motifs is 1. The molecule has 5 nitrogen and oxygen atoms in total. The van der Waals surface area contributed by atoms with Crippen LogP contribution in [0.25, 0.3) is 10.9 Å². The quantitative estimate of drug-likeness (QED) is 0.847. The van der Waals surface area contributed by atoms with E-state index in [0.717, 1.165) is 18.4 Å². The summed E-state index contributed by atoms with van der Waals surface area (Å²) in [5, 5.41) is 0.596. The zero-order valence-electron chi connectivity index (χ0n) is 14.1. The Labute approximate surface area is 146 Å². The third-order valence-electron chi connectivity index (χ3n) is 4.75. The summed E-state index contributed by atoms with van der Waals surface area (Å²) in [5.74, 6) is 0.101. The van der Waals surface area contributed by atoms with Crippen molar-refractivity contribution in [3.63, 3.8) is 0 Å². The van der Waals surface area contributed by atoms with Gasteiger partial charge in [0.25, 0.3) is 5.56 Å². The van der Waals surface area contributed by atoms with Gasteiger partial charge in [-0.25, -0.2) is 0 Å². The molecule has 1 aliphatic rings. The van der Waals surface area contributed by atoms with Gasteiger partial charge in [-0.15, -0.1) is 0 Å². The Morgan fingerprint density at radius 3 is 2.71 bits per heavy atom. The largest absolute Gasteiger partial charge is 0.337 e. The number of H-pyrrole nitrogens is 1. The van der Waals surface area contributed by atoms with Gasteiger partial charge in [-0.1, -0.05) is 12.1 Å². The molecular weight excluding hydrogens is 322 g/mol. The number of carbonyl (C=O) groups excluding carboxylic acids is 1. The van der Waals surface area contributed by atoms with Crippen molar-refractivity contribution in [1.82, 2.24) is 14.5 Å². The van der Waals surface area contributed by atoms with Crippen molar-refractivity contribution in [3.05, 3.63) is 39.4 Å². The Bertz CT molecular complexity index is 864. The third kappa shape index (κ3) is 3.15. The Morgan fingerprint density at radius 2 is 2.08 bits per heavy atom. The number of aromatic nitrogens is 2. The first-order chi connectivity index (χ1) is 11.5. The van der Waals surface area contributed by atoms with Gasteiger partial charge in [0.2, 0.25) is 5.91 Å². The van der Waals surface area contributed by atoms with E-state index in [0.29, 0.717) is 29.2 Å². The van der Waals surface area contributed by atoms with Crippen LogP contribution in [0.4, 0.5) is 0 Å². The van der Waals surface area contributed by atoms with Crippen LogP contribution in [0.1, 0.15) is 39.5 Å². The number of benzene rings is 1. The maximum Gasteiger partial charge on any atom is 0.262 e. The van der Waals surface area contributed by atoms with Crippen LogP contribution in [0, 0.1) is 4.77 Å². The van der Waals surface area contributed by atoms with Gasteiger partial charge in [-0.2, -0.15) is 0 Å². The highest BCUT2D eigenvalue weighted by Crippen LogP contribution is 2.27. The molecule has 1 fully saturated rings. The lowest BCUT2D eigenvalue weighted by molar-refractivity contribution is -0.137. The minimum Gasteiger partial charge on any atom is -0.337 e. The maximum absolute atomic E-state index is 12.6. The van der Waals surface area contributed by atoms with Gasteiger partial charge in [-0.3, -0.25) is 14.2 Å². The summed E-state index contributed by atoms with van der Waals surface area (Å²) >= 11 is 5.30. The fraction of sp³-hybridized carbons (Fsp3) is 0.500. The van der Waals surface area contributed by atoms with Gasteiger partial charge < -0.3 is 9.88 Å². The topological polar surface area (TPSA) is 58.1 Å². The second-order valence-corrected chi connectivity index (χ2v) is 7.05. The van der Waals surface area contributed by atoms with Crippen molar-refractivity contribution in [1.29, 1.82) is 0 Å². The van der Waals surface area contributed by atoms with Crippen LogP contribution in [0.15, 0.2) is 29.1 Å². The van der Waals surface area contributed by atoms with Crippen LogP contribution in [0.2, 0.25) is 0 Å². The lowest BCUT2D eigenvalue weighted by Gasteiger charge is -2.40. The van der Waals surface area contributed by atoms with Crippen LogP contribution in [-0.2, 0) is 11.3 Å². The van der Waals surface area contributed by atoms with Crippen LogP contribution < -0.4 is 5.56 Å². The average molecular weight is 345 g/mol. The van der Waals surface area contributed by atoms with Crippen molar-refractivity contribution < 1.29 is 4.79 Å². The number of aromatic amines is 1. The molecule has 24 heavy (non-hydrogen) atoms. The highest BCUT2D eigenvalue weighted by atomic mass is 32.1. The number of hydrogen-bond acceptors (Lipinski definition) is 3. The average Bonchev–Trinajstić information content (AvgIpc) is 2.49. The zero-order chi connectivity index (χ0) is 17.3. The van der Waals surface area contributed by atoms with Crippen molar-refractivity contribution in [2.75, 3.05) is 0 Å². The lowest BCUT2D eigenvalue weighted by atomic mass is 9.90. The predicted octanol–water partition coefficient (Wildman–Crippen LogP) is 3.24. The third-order valence-corrected chi connectivity index (χ3v) is 5.07. The fourth-order valence-electron chi connectivity index (χ4n) is 3.32. The molecule has 0 unspecified atom stereocenters. The summed E-state index contributed by atoms with van der Waals surface area (Å²) in [4.78, 5) is 30.3. The monoisotopic (exact) mass is 345 g/mol. The Balaban J connectivity index is 1.81. The highest BCUT2D eigenvalue weighted by molar-refractivity contribution is 7.71. The number of nitrogens with one attached hydrogen (secondary N) is 1. The second-order valence-electron chi connectivity index (χ2n) is 6.66. The van der Waals surface area contributed by atoms with E-state index in [1.807, 2.05) is 36.9 Å². The molecule has 1 N–H and O–H groups in total. The predicted molar refractivity (Wildman–Crippen MR) is 97.6 cm³/mol. The molecule has 3 rings (SSSR count). The van der Waals surface area contributed by atoms with Gasteiger partial charge in [0, 0.05) is 25.0 Å². The number of rotatable bonds is 5. The Morgan fingerprint density at radius 1 is 1.38 bits per heavy atom. The maximum atomic E-state index is 12.6. The molecule has 0 saturated heterocycles. The minimum absolute atomic E-state index is 0.101. The normalized spacial score (nSPS) is 14.8. The molecule has 1 saturated carbocycles. The first-order valence-corrected chi connectivity index (χ1v) is 8.93. The van der Waals surface area contributed by atoms with E-state index in [2.05, 4.69) is 4.98 Å². The standard InChI is InChI=1S/C18H23N3O2S/c1-12(2)21(13-6-5-7-13)16(22)10-11-20-17(23)14-8-3-4-9-15(14)19-18(20)24/h3-4,8-9,12-13H,5-7,10-11H2,1-2H3,(H,19,24). The van der Waals surface area contributed by atoms with Gasteiger partial charge in [0.15, 0.2) is 4.77 Å². The van der Waals surface area contributed by atoms with Crippen LogP contribution in [0.5, 0.6) is 0 Å². The Hall–Kier alpha value is -1.95. The first-order valence-electron chi connectivity index (χ1n) is 8.52. The number of hydrogen-bond donors (Lipinski definition) is 1. The van der Waals surface area contributed by atoms with Crippen LogP contribution in [-0.4, -0.2) is 32.4 Å². The van der Waals surface area contributed by atoms with Crippen molar-refractivity contribution in [2.45, 2.75) is 58.2 Å². The van der Waals surface area contributed by atoms with E-state index < -0.39 is 0 Å². The summed E-state index contributed by atoms with van der Waals surface area (Å²) in [6, 6.07) is 7.84. The van der Waals surface area contributed by atoms with Crippen LogP contribution in [0.3, 0.4) is 0 Å². The zero-order valence-corrected chi connectivity index (χ0v) is 14.9. The van der Waals surface area contributed by atoms with Gasteiger partial charge >= 0.3 is 0 Å². The second kappa shape index (κ2) is 6.89. The molecule has 1 heterocycles. The van der Waals surface area contributed by atoms with E-state index in [9.17, 15) is 9.59 Å². The molecule has 1 aromatic heterocycles. The van der Waals surface area contributed by atoms with Gasteiger partial charge in [-0.05, 0) is 57.5 Å². The molecule has 2 aromatic rings. The molecule has 1 amide bonds. The number of carbonyl (C=O) groups is 1. The van der Waals surface area contributed by atoms with Crippen LogP contribution >= 0.6 is 12.2 Å². The molecule has 0 bridgehead atoms. The number of para-hydroxylation sites is 1. The number of nitrogens with zero attached hydrogens (tertiary/aromatic N) is 2. The molecular formula is C18H23N3O2S. The minimum atomic E-state index is -0.137. The molecule has 1 aromatic carbocycles. The van der Waals surface area contributed by atoms with Crippen molar-refractivity contribution >= 4 is 29.0 Å². The summed E-state index contributed by atoms with van der Waals surface area (Å²) < 4.78 is 1.86. The summed E-state index contributed by atoms with van der Waals surface area (Å²) in [7, 11) is 0. The molecule has 0 spiro atoms. The molecule has 128 valence electrons. The Kier molecular flexibility index (Phi) is 4.85. The highest BCUT2D eigenvalue weighted by Gasteiger charge is 2.30. The summed E-state index contributed by atoms with van der Waals surface area (Å²) in [5.41, 5.74) is 0.593.